The largest absolute Gasteiger partial charge is 0.381 e. The van der Waals surface area contributed by atoms with Crippen molar-refractivity contribution in [2.24, 2.45) is 0 Å². The molecule has 1 atom stereocenters. The van der Waals surface area contributed by atoms with E-state index in [4.69, 9.17) is 0 Å². The first-order valence-corrected chi connectivity index (χ1v) is 6.57. The van der Waals surface area contributed by atoms with Gasteiger partial charge in [-0.05, 0) is 36.1 Å². The van der Waals surface area contributed by atoms with Crippen molar-refractivity contribution in [2.75, 3.05) is 0 Å². The molecule has 3 nitrogen and oxygen atoms in total. The number of hydrogen-bond acceptors (Lipinski definition) is 4. The van der Waals surface area contributed by atoms with Crippen molar-refractivity contribution in [1.29, 1.82) is 0 Å². The third-order valence-electron chi connectivity index (χ3n) is 2.90. The van der Waals surface area contributed by atoms with Gasteiger partial charge in [0.05, 0.1) is 22.9 Å². The first-order valence-electron chi connectivity index (χ1n) is 5.69. The van der Waals surface area contributed by atoms with Crippen LogP contribution in [-0.4, -0.2) is 15.1 Å². The average molecular weight is 256 g/mol. The van der Waals surface area contributed by atoms with Crippen LogP contribution < -0.4 is 0 Å². The van der Waals surface area contributed by atoms with Crippen molar-refractivity contribution in [1.82, 2.24) is 9.97 Å². The van der Waals surface area contributed by atoms with Gasteiger partial charge in [0.1, 0.15) is 6.10 Å². The Bertz CT molecular complexity index is 693. The van der Waals surface area contributed by atoms with Crippen LogP contribution in [0, 0.1) is 6.92 Å². The maximum atomic E-state index is 10.3. The third-order valence-corrected chi connectivity index (χ3v) is 3.97. The molecule has 0 bridgehead atoms. The lowest BCUT2D eigenvalue weighted by Gasteiger charge is -2.09. The van der Waals surface area contributed by atoms with E-state index in [1.807, 2.05) is 42.6 Å². The van der Waals surface area contributed by atoms with Crippen molar-refractivity contribution < 1.29 is 5.11 Å². The molecule has 90 valence electrons. The van der Waals surface area contributed by atoms with E-state index in [2.05, 4.69) is 9.97 Å². The molecule has 18 heavy (non-hydrogen) atoms. The first kappa shape index (κ1) is 11.3. The van der Waals surface area contributed by atoms with Crippen LogP contribution in [0.25, 0.3) is 11.0 Å². The van der Waals surface area contributed by atoms with E-state index in [9.17, 15) is 5.11 Å². The van der Waals surface area contributed by atoms with Gasteiger partial charge in [0.2, 0.25) is 0 Å². The van der Waals surface area contributed by atoms with Gasteiger partial charge in [0.15, 0.2) is 0 Å². The molecule has 1 N–H and O–H groups in total. The fraction of sp³-hybridized carbons (Fsp3) is 0.143. The molecular weight excluding hydrogens is 244 g/mol. The highest BCUT2D eigenvalue weighted by atomic mass is 32.1. The Hall–Kier alpha value is -1.78. The summed E-state index contributed by atoms with van der Waals surface area (Å²) in [5, 5.41) is 12.3. The number of aromatic nitrogens is 2. The van der Waals surface area contributed by atoms with E-state index in [0.717, 1.165) is 21.5 Å². The second-order valence-electron chi connectivity index (χ2n) is 4.15. The van der Waals surface area contributed by atoms with E-state index < -0.39 is 6.10 Å². The lowest BCUT2D eigenvalue weighted by molar-refractivity contribution is 0.218. The Morgan fingerprint density at radius 2 is 1.94 bits per heavy atom. The molecule has 0 aliphatic heterocycles. The SMILES string of the molecule is Cc1ccsc1C(O)c1cnc2ccccc2n1. The van der Waals surface area contributed by atoms with E-state index in [-0.39, 0.29) is 0 Å². The lowest BCUT2D eigenvalue weighted by Crippen LogP contribution is -2.02. The molecule has 1 unspecified atom stereocenters. The van der Waals surface area contributed by atoms with Crippen LogP contribution in [0.2, 0.25) is 0 Å². The second kappa shape index (κ2) is 4.48. The minimum Gasteiger partial charge on any atom is -0.381 e. The van der Waals surface area contributed by atoms with Gasteiger partial charge in [0, 0.05) is 4.88 Å². The lowest BCUT2D eigenvalue weighted by atomic mass is 10.1. The standard InChI is InChI=1S/C14H12N2OS/c1-9-6-7-18-14(9)13(17)12-8-15-10-4-2-3-5-11(10)16-12/h2-8,13,17H,1H3. The normalized spacial score (nSPS) is 12.8. The highest BCUT2D eigenvalue weighted by Gasteiger charge is 2.16. The Morgan fingerprint density at radius 3 is 2.67 bits per heavy atom. The number of thiophene rings is 1. The van der Waals surface area contributed by atoms with Gasteiger partial charge in [-0.3, -0.25) is 4.98 Å². The molecule has 0 amide bonds. The third kappa shape index (κ3) is 1.89. The molecule has 1 aromatic carbocycles. The van der Waals surface area contributed by atoms with Crippen molar-refractivity contribution in [3.8, 4) is 0 Å². The predicted octanol–water partition coefficient (Wildman–Crippen LogP) is 3.08. The number of hydrogen-bond donors (Lipinski definition) is 1. The van der Waals surface area contributed by atoms with Gasteiger partial charge < -0.3 is 5.11 Å². The molecule has 0 fully saturated rings. The summed E-state index contributed by atoms with van der Waals surface area (Å²) in [5.74, 6) is 0. The molecular formula is C14H12N2OS. The summed E-state index contributed by atoms with van der Waals surface area (Å²) in [7, 11) is 0. The van der Waals surface area contributed by atoms with E-state index in [1.54, 1.807) is 17.5 Å². The molecule has 3 rings (SSSR count). The number of rotatable bonds is 2. The summed E-state index contributed by atoms with van der Waals surface area (Å²) in [4.78, 5) is 9.72. The van der Waals surface area contributed by atoms with Crippen molar-refractivity contribution in [3.63, 3.8) is 0 Å². The minimum absolute atomic E-state index is 0.597. The van der Waals surface area contributed by atoms with Gasteiger partial charge in [0.25, 0.3) is 0 Å². The molecule has 0 saturated carbocycles. The molecule has 3 aromatic rings. The fourth-order valence-electron chi connectivity index (χ4n) is 1.90. The zero-order valence-corrected chi connectivity index (χ0v) is 10.7. The number of para-hydroxylation sites is 2. The van der Waals surface area contributed by atoms with E-state index >= 15 is 0 Å². The monoisotopic (exact) mass is 256 g/mol. The zero-order valence-electron chi connectivity index (χ0n) is 9.87. The maximum absolute atomic E-state index is 10.3. The average Bonchev–Trinajstić information content (AvgIpc) is 2.83. The van der Waals surface area contributed by atoms with Crippen LogP contribution in [0.1, 0.15) is 22.2 Å². The molecule has 2 heterocycles. The van der Waals surface area contributed by atoms with Crippen LogP contribution in [0.15, 0.2) is 41.9 Å². The Kier molecular flexibility index (Phi) is 2.81. The van der Waals surface area contributed by atoms with Gasteiger partial charge in [-0.25, -0.2) is 4.98 Å². The number of fused-ring (bicyclic) bond motifs is 1. The molecule has 2 aromatic heterocycles. The molecule has 0 spiro atoms. The molecule has 0 aliphatic rings. The number of benzene rings is 1. The van der Waals surface area contributed by atoms with Crippen LogP contribution in [0.5, 0.6) is 0 Å². The predicted molar refractivity (Wildman–Crippen MR) is 72.7 cm³/mol. The van der Waals surface area contributed by atoms with Crippen LogP contribution in [-0.2, 0) is 0 Å². The van der Waals surface area contributed by atoms with Crippen LogP contribution in [0.4, 0.5) is 0 Å². The second-order valence-corrected chi connectivity index (χ2v) is 5.10. The molecule has 0 radical (unpaired) electrons. The van der Waals surface area contributed by atoms with Gasteiger partial charge >= 0.3 is 0 Å². The van der Waals surface area contributed by atoms with E-state index in [0.29, 0.717) is 5.69 Å². The summed E-state index contributed by atoms with van der Waals surface area (Å²) in [6.07, 6.45) is 0.953. The molecule has 0 aliphatic carbocycles. The van der Waals surface area contributed by atoms with E-state index in [1.165, 1.54) is 0 Å². The quantitative estimate of drug-likeness (QED) is 0.766. The molecule has 0 saturated heterocycles. The Morgan fingerprint density at radius 1 is 1.17 bits per heavy atom. The van der Waals surface area contributed by atoms with Gasteiger partial charge in [-0.2, -0.15) is 0 Å². The smallest absolute Gasteiger partial charge is 0.132 e. The Labute approximate surface area is 109 Å². The minimum atomic E-state index is -0.692. The maximum Gasteiger partial charge on any atom is 0.132 e. The van der Waals surface area contributed by atoms with Gasteiger partial charge in [-0.1, -0.05) is 12.1 Å². The van der Waals surface area contributed by atoms with Crippen LogP contribution >= 0.6 is 11.3 Å². The number of aliphatic hydroxyl groups excluding tert-OH is 1. The van der Waals surface area contributed by atoms with Gasteiger partial charge in [-0.15, -0.1) is 11.3 Å². The Balaban J connectivity index is 2.07. The topological polar surface area (TPSA) is 46.0 Å². The first-order chi connectivity index (χ1) is 8.75. The van der Waals surface area contributed by atoms with Crippen molar-refractivity contribution in [2.45, 2.75) is 13.0 Å². The highest BCUT2D eigenvalue weighted by molar-refractivity contribution is 7.10. The fourth-order valence-corrected chi connectivity index (χ4v) is 2.82. The summed E-state index contributed by atoms with van der Waals surface area (Å²) >= 11 is 1.54. The summed E-state index contributed by atoms with van der Waals surface area (Å²) in [6.45, 7) is 1.99. The number of nitrogens with zero attached hydrogens (tertiary/aromatic N) is 2. The van der Waals surface area contributed by atoms with Crippen molar-refractivity contribution in [3.05, 3.63) is 58.0 Å². The summed E-state index contributed by atoms with van der Waals surface area (Å²) in [5.41, 5.74) is 3.33. The summed E-state index contributed by atoms with van der Waals surface area (Å²) < 4.78 is 0. The van der Waals surface area contributed by atoms with Crippen molar-refractivity contribution >= 4 is 22.4 Å². The number of aryl methyl sites for hydroxylation is 1. The zero-order chi connectivity index (χ0) is 12.5. The summed E-state index contributed by atoms with van der Waals surface area (Å²) in [6, 6.07) is 9.66. The number of aliphatic hydroxyl groups is 1. The molecule has 4 heteroatoms. The van der Waals surface area contributed by atoms with Crippen LogP contribution in [0.3, 0.4) is 0 Å². The highest BCUT2D eigenvalue weighted by Crippen LogP contribution is 2.28.